The fourth-order valence-corrected chi connectivity index (χ4v) is 5.68. The van der Waals surface area contributed by atoms with Crippen LogP contribution in [-0.4, -0.2) is 47.6 Å². The molecular formula is C25H27Cl4N5O2. The molecule has 3 amide bonds. The molecule has 2 aromatic rings. The SMILES string of the molecule is CCCCC1(CC)C(=O)N(CNc2ccc(Cl)cc2Cl)C(=O)N2CN(c3ccc(Cl)cc3Cl)CN=C21. The third-order valence-electron chi connectivity index (χ3n) is 6.67. The molecule has 2 aromatic carbocycles. The highest BCUT2D eigenvalue weighted by atomic mass is 35.5. The molecule has 2 aliphatic heterocycles. The number of aliphatic imine (C=N–C) groups is 1. The Balaban J connectivity index is 1.69. The first kappa shape index (κ1) is 26.9. The van der Waals surface area contributed by atoms with E-state index in [2.05, 4.69) is 12.2 Å². The van der Waals surface area contributed by atoms with Crippen LogP contribution >= 0.6 is 46.4 Å². The summed E-state index contributed by atoms with van der Waals surface area (Å²) in [5.74, 6) is 0.268. The fraction of sp³-hybridized carbons (Fsp3) is 0.400. The average Bonchev–Trinajstić information content (AvgIpc) is 2.85. The summed E-state index contributed by atoms with van der Waals surface area (Å²) < 4.78 is 0. The van der Waals surface area contributed by atoms with E-state index in [0.29, 0.717) is 50.1 Å². The molecule has 192 valence electrons. The van der Waals surface area contributed by atoms with Gasteiger partial charge in [-0.15, -0.1) is 0 Å². The van der Waals surface area contributed by atoms with E-state index in [4.69, 9.17) is 51.4 Å². The van der Waals surface area contributed by atoms with Crippen molar-refractivity contribution in [3.8, 4) is 0 Å². The van der Waals surface area contributed by atoms with E-state index in [1.807, 2.05) is 11.8 Å². The number of fused-ring (bicyclic) bond motifs is 1. The Morgan fingerprint density at radius 2 is 1.69 bits per heavy atom. The van der Waals surface area contributed by atoms with E-state index >= 15 is 0 Å². The molecule has 11 heteroatoms. The molecule has 0 saturated carbocycles. The van der Waals surface area contributed by atoms with E-state index in [-0.39, 0.29) is 25.9 Å². The van der Waals surface area contributed by atoms with Gasteiger partial charge in [0.25, 0.3) is 0 Å². The molecule has 1 saturated heterocycles. The van der Waals surface area contributed by atoms with E-state index in [1.165, 1.54) is 4.90 Å². The van der Waals surface area contributed by atoms with E-state index < -0.39 is 11.4 Å². The lowest BCUT2D eigenvalue weighted by atomic mass is 9.75. The number of nitrogens with zero attached hydrogens (tertiary/aromatic N) is 4. The minimum Gasteiger partial charge on any atom is -0.366 e. The van der Waals surface area contributed by atoms with Gasteiger partial charge in [0.2, 0.25) is 5.91 Å². The average molecular weight is 571 g/mol. The van der Waals surface area contributed by atoms with Crippen LogP contribution in [0.1, 0.15) is 39.5 Å². The molecule has 0 spiro atoms. The van der Waals surface area contributed by atoms with Crippen molar-refractivity contribution >= 4 is 75.6 Å². The Kier molecular flexibility index (Phi) is 8.25. The van der Waals surface area contributed by atoms with Crippen molar-refractivity contribution in [1.29, 1.82) is 0 Å². The van der Waals surface area contributed by atoms with Gasteiger partial charge in [-0.3, -0.25) is 9.69 Å². The highest BCUT2D eigenvalue weighted by molar-refractivity contribution is 6.37. The number of benzene rings is 2. The van der Waals surface area contributed by atoms with Crippen molar-refractivity contribution in [1.82, 2.24) is 9.80 Å². The topological polar surface area (TPSA) is 68.2 Å². The zero-order valence-electron chi connectivity index (χ0n) is 20.0. The van der Waals surface area contributed by atoms with Gasteiger partial charge in [-0.1, -0.05) is 73.1 Å². The molecular weight excluding hydrogens is 544 g/mol. The number of unbranched alkanes of at least 4 members (excludes halogenated alkanes) is 1. The van der Waals surface area contributed by atoms with Gasteiger partial charge in [0.1, 0.15) is 24.6 Å². The Labute approximate surface area is 230 Å². The maximum Gasteiger partial charge on any atom is 0.335 e. The minimum atomic E-state index is -0.898. The van der Waals surface area contributed by atoms with Crippen molar-refractivity contribution in [3.63, 3.8) is 0 Å². The van der Waals surface area contributed by atoms with Crippen LogP contribution in [0.2, 0.25) is 20.1 Å². The van der Waals surface area contributed by atoms with Gasteiger partial charge in [0, 0.05) is 10.0 Å². The molecule has 4 rings (SSSR count). The first-order valence-corrected chi connectivity index (χ1v) is 13.3. The lowest BCUT2D eigenvalue weighted by Crippen LogP contribution is -2.68. The number of amidine groups is 1. The quantitative estimate of drug-likeness (QED) is 0.360. The Morgan fingerprint density at radius 1 is 1.00 bits per heavy atom. The van der Waals surface area contributed by atoms with Gasteiger partial charge in [0.15, 0.2) is 0 Å². The van der Waals surface area contributed by atoms with Gasteiger partial charge in [-0.25, -0.2) is 14.7 Å². The fourth-order valence-electron chi connectivity index (χ4n) is 4.68. The van der Waals surface area contributed by atoms with Crippen LogP contribution in [0, 0.1) is 5.41 Å². The molecule has 2 heterocycles. The van der Waals surface area contributed by atoms with Crippen molar-refractivity contribution in [2.75, 3.05) is 30.2 Å². The number of imide groups is 1. The molecule has 7 nitrogen and oxygen atoms in total. The van der Waals surface area contributed by atoms with Crippen LogP contribution in [0.5, 0.6) is 0 Å². The number of carbonyl (C=O) groups is 2. The van der Waals surface area contributed by atoms with Gasteiger partial charge in [0.05, 0.1) is 28.1 Å². The molecule has 1 fully saturated rings. The van der Waals surface area contributed by atoms with Crippen molar-refractivity contribution < 1.29 is 9.59 Å². The number of carbonyl (C=O) groups excluding carboxylic acids is 2. The van der Waals surface area contributed by atoms with Crippen LogP contribution in [0.25, 0.3) is 0 Å². The number of halogens is 4. The highest BCUT2D eigenvalue weighted by Crippen LogP contribution is 2.41. The van der Waals surface area contributed by atoms with Gasteiger partial charge in [-0.05, 0) is 49.2 Å². The number of amides is 3. The predicted octanol–water partition coefficient (Wildman–Crippen LogP) is 7.35. The molecule has 36 heavy (non-hydrogen) atoms. The van der Waals surface area contributed by atoms with Crippen LogP contribution < -0.4 is 10.2 Å². The standard InChI is InChI=1S/C25H27Cl4N5O2/c1-3-5-10-25(4-2)22-31-13-32(21-9-7-17(27)12-19(21)29)15-34(22)24(36)33(23(25)35)14-30-20-8-6-16(26)11-18(20)28/h6-9,11-12,30H,3-5,10,13-15H2,1-2H3. The molecule has 2 aliphatic rings. The van der Waals surface area contributed by atoms with Gasteiger partial charge < -0.3 is 10.2 Å². The van der Waals surface area contributed by atoms with E-state index in [0.717, 1.165) is 12.8 Å². The van der Waals surface area contributed by atoms with E-state index in [1.54, 1.807) is 41.3 Å². The second-order valence-electron chi connectivity index (χ2n) is 8.84. The normalized spacial score (nSPS) is 19.9. The van der Waals surface area contributed by atoms with Crippen molar-refractivity contribution in [2.45, 2.75) is 39.5 Å². The number of hydrogen-bond donors (Lipinski definition) is 1. The highest BCUT2D eigenvalue weighted by Gasteiger charge is 2.55. The zero-order valence-corrected chi connectivity index (χ0v) is 23.1. The molecule has 1 atom stereocenters. The zero-order chi connectivity index (χ0) is 26.0. The molecule has 0 aromatic heterocycles. The summed E-state index contributed by atoms with van der Waals surface area (Å²) in [4.78, 5) is 37.1. The number of nitrogens with one attached hydrogen (secondary N) is 1. The largest absolute Gasteiger partial charge is 0.366 e. The second-order valence-corrected chi connectivity index (χ2v) is 10.5. The van der Waals surface area contributed by atoms with Crippen LogP contribution in [-0.2, 0) is 4.79 Å². The van der Waals surface area contributed by atoms with Gasteiger partial charge in [-0.2, -0.15) is 0 Å². The molecule has 0 radical (unpaired) electrons. The molecule has 1 N–H and O–H groups in total. The Bertz CT molecular complexity index is 1210. The Morgan fingerprint density at radius 3 is 2.33 bits per heavy atom. The first-order chi connectivity index (χ1) is 17.2. The second kappa shape index (κ2) is 11.1. The summed E-state index contributed by atoms with van der Waals surface area (Å²) in [5.41, 5.74) is 0.387. The van der Waals surface area contributed by atoms with Gasteiger partial charge >= 0.3 is 6.03 Å². The van der Waals surface area contributed by atoms with Crippen molar-refractivity contribution in [3.05, 3.63) is 56.5 Å². The van der Waals surface area contributed by atoms with Crippen molar-refractivity contribution in [2.24, 2.45) is 10.4 Å². The number of anilines is 2. The first-order valence-electron chi connectivity index (χ1n) is 11.8. The molecule has 0 bridgehead atoms. The smallest absolute Gasteiger partial charge is 0.335 e. The van der Waals surface area contributed by atoms with Crippen LogP contribution in [0.3, 0.4) is 0 Å². The summed E-state index contributed by atoms with van der Waals surface area (Å²) in [6.45, 7) is 4.49. The Hall–Kier alpha value is -2.19. The maximum absolute atomic E-state index is 13.9. The summed E-state index contributed by atoms with van der Waals surface area (Å²) in [7, 11) is 0. The summed E-state index contributed by atoms with van der Waals surface area (Å²) in [5, 5.41) is 5.00. The number of urea groups is 1. The monoisotopic (exact) mass is 569 g/mol. The van der Waals surface area contributed by atoms with Crippen LogP contribution in [0.15, 0.2) is 41.4 Å². The molecule has 1 unspecified atom stereocenters. The number of hydrogen-bond acceptors (Lipinski definition) is 5. The third kappa shape index (κ3) is 4.99. The number of rotatable bonds is 8. The van der Waals surface area contributed by atoms with E-state index in [9.17, 15) is 9.59 Å². The lowest BCUT2D eigenvalue weighted by Gasteiger charge is -2.49. The third-order valence-corrected chi connectivity index (χ3v) is 7.76. The maximum atomic E-state index is 13.9. The van der Waals surface area contributed by atoms with Crippen LogP contribution in [0.4, 0.5) is 16.2 Å². The summed E-state index contributed by atoms with van der Waals surface area (Å²) >= 11 is 24.8. The summed E-state index contributed by atoms with van der Waals surface area (Å²) in [6, 6.07) is 9.76. The summed E-state index contributed by atoms with van der Waals surface area (Å²) in [6.07, 6.45) is 2.87. The molecule has 0 aliphatic carbocycles. The minimum absolute atomic E-state index is 0.0433. The predicted molar refractivity (Wildman–Crippen MR) is 147 cm³/mol. The lowest BCUT2D eigenvalue weighted by molar-refractivity contribution is -0.138.